The second-order valence-electron chi connectivity index (χ2n) is 10.7. The lowest BCUT2D eigenvalue weighted by Gasteiger charge is -2.36. The van der Waals surface area contributed by atoms with Crippen LogP contribution in [0.2, 0.25) is 5.02 Å². The molecule has 2 saturated heterocycles. The standard InChI is InChI=1S/C29H32ClFN4O2/c30-22-7-5-21(6-8-22)29(24-4-2-1-3-23(24)28-32-13-16-35(28)29)12-9-27(37)34-14-10-20(11-15-34)17-33-18-25(31)26(36)19-33/h1-8,13,16,20,25-26,36H,9-12,14-15,17-19H2. The van der Waals surface area contributed by atoms with Crippen LogP contribution in [0.25, 0.3) is 11.4 Å². The summed E-state index contributed by atoms with van der Waals surface area (Å²) in [6.07, 6.45) is 4.68. The molecule has 0 spiro atoms. The van der Waals surface area contributed by atoms with Crippen molar-refractivity contribution < 1.29 is 14.3 Å². The number of carbonyl (C=O) groups is 1. The van der Waals surface area contributed by atoms with E-state index in [1.807, 2.05) is 46.5 Å². The molecular weight excluding hydrogens is 491 g/mol. The van der Waals surface area contributed by atoms with E-state index in [0.29, 0.717) is 36.9 Å². The minimum atomic E-state index is -1.15. The van der Waals surface area contributed by atoms with Crippen LogP contribution in [-0.4, -0.2) is 75.4 Å². The molecule has 3 unspecified atom stereocenters. The number of hydrogen-bond donors (Lipinski definition) is 1. The number of aliphatic hydroxyl groups excluding tert-OH is 1. The van der Waals surface area contributed by atoms with Crippen molar-refractivity contribution in [3.63, 3.8) is 0 Å². The Morgan fingerprint density at radius 2 is 1.86 bits per heavy atom. The fourth-order valence-electron chi connectivity index (χ4n) is 6.55. The maximum atomic E-state index is 13.7. The number of alkyl halides is 1. The topological polar surface area (TPSA) is 61.6 Å². The van der Waals surface area contributed by atoms with Gasteiger partial charge in [-0.1, -0.05) is 48.0 Å². The van der Waals surface area contributed by atoms with Crippen LogP contribution in [0.3, 0.4) is 0 Å². The van der Waals surface area contributed by atoms with Gasteiger partial charge in [-0.2, -0.15) is 0 Å². The first-order chi connectivity index (χ1) is 18.0. The summed E-state index contributed by atoms with van der Waals surface area (Å²) in [4.78, 5) is 22.1. The summed E-state index contributed by atoms with van der Waals surface area (Å²) >= 11 is 6.24. The molecule has 3 aromatic rings. The number of likely N-dealkylation sites (tertiary alicyclic amines) is 2. The van der Waals surface area contributed by atoms with Gasteiger partial charge in [-0.25, -0.2) is 9.37 Å². The molecule has 1 aromatic heterocycles. The molecule has 0 radical (unpaired) electrons. The molecule has 2 aromatic carbocycles. The number of imidazole rings is 1. The lowest BCUT2D eigenvalue weighted by atomic mass is 9.79. The Morgan fingerprint density at radius 1 is 1.11 bits per heavy atom. The lowest BCUT2D eigenvalue weighted by molar-refractivity contribution is -0.133. The predicted molar refractivity (Wildman–Crippen MR) is 141 cm³/mol. The molecule has 2 fully saturated rings. The Balaban J connectivity index is 1.18. The van der Waals surface area contributed by atoms with Crippen molar-refractivity contribution in [2.24, 2.45) is 5.92 Å². The van der Waals surface area contributed by atoms with Crippen LogP contribution >= 0.6 is 11.6 Å². The number of fused-ring (bicyclic) bond motifs is 3. The van der Waals surface area contributed by atoms with Crippen molar-refractivity contribution in [2.45, 2.75) is 43.5 Å². The Bertz CT molecular complexity index is 1260. The number of benzene rings is 2. The van der Waals surface area contributed by atoms with Gasteiger partial charge in [0.05, 0.1) is 11.6 Å². The van der Waals surface area contributed by atoms with Crippen molar-refractivity contribution in [1.29, 1.82) is 0 Å². The van der Waals surface area contributed by atoms with Gasteiger partial charge in [0.25, 0.3) is 0 Å². The number of aliphatic hydroxyl groups is 1. The number of carbonyl (C=O) groups excluding carboxylic acids is 1. The molecule has 8 heteroatoms. The Morgan fingerprint density at radius 3 is 2.59 bits per heavy atom. The molecule has 3 atom stereocenters. The number of nitrogens with zero attached hydrogens (tertiary/aromatic N) is 4. The largest absolute Gasteiger partial charge is 0.389 e. The first kappa shape index (κ1) is 24.6. The van der Waals surface area contributed by atoms with E-state index in [0.717, 1.165) is 55.0 Å². The van der Waals surface area contributed by atoms with Gasteiger partial charge in [-0.05, 0) is 48.4 Å². The van der Waals surface area contributed by atoms with Crippen LogP contribution < -0.4 is 0 Å². The highest BCUT2D eigenvalue weighted by atomic mass is 35.5. The SMILES string of the molecule is O=C(CCC1(c2ccc(Cl)cc2)c2ccccc2-c2nccn21)N1CCC(CN2CC(O)C(F)C2)CC1. The molecule has 0 bridgehead atoms. The van der Waals surface area contributed by atoms with Gasteiger partial charge in [0.15, 0.2) is 0 Å². The minimum Gasteiger partial charge on any atom is -0.389 e. The minimum absolute atomic E-state index is 0.165. The molecule has 0 aliphatic carbocycles. The van der Waals surface area contributed by atoms with Gasteiger partial charge >= 0.3 is 0 Å². The third-order valence-corrected chi connectivity index (χ3v) is 8.72. The van der Waals surface area contributed by atoms with E-state index in [1.54, 1.807) is 0 Å². The van der Waals surface area contributed by atoms with Crippen molar-refractivity contribution in [1.82, 2.24) is 19.4 Å². The molecule has 1 N–H and O–H groups in total. The van der Waals surface area contributed by atoms with E-state index in [-0.39, 0.29) is 5.91 Å². The van der Waals surface area contributed by atoms with Crippen LogP contribution in [0.5, 0.6) is 0 Å². The van der Waals surface area contributed by atoms with E-state index >= 15 is 0 Å². The number of halogens is 2. The number of amides is 1. The maximum absolute atomic E-state index is 13.7. The average molecular weight is 523 g/mol. The molecule has 1 amide bonds. The summed E-state index contributed by atoms with van der Waals surface area (Å²) in [6.45, 7) is 2.95. The van der Waals surface area contributed by atoms with Crippen molar-refractivity contribution in [3.8, 4) is 11.4 Å². The van der Waals surface area contributed by atoms with Gasteiger partial charge in [-0.3, -0.25) is 9.69 Å². The fourth-order valence-corrected chi connectivity index (χ4v) is 6.67. The Labute approximate surface area is 221 Å². The number of β-amino-alcohol motifs (C(OH)–C–C–N with tert-alkyl or cyclic N) is 1. The second-order valence-corrected chi connectivity index (χ2v) is 11.1. The number of rotatable bonds is 6. The molecule has 4 heterocycles. The highest BCUT2D eigenvalue weighted by molar-refractivity contribution is 6.30. The monoisotopic (exact) mass is 522 g/mol. The normalized spacial score (nSPS) is 25.9. The average Bonchev–Trinajstić information content (AvgIpc) is 3.58. The van der Waals surface area contributed by atoms with Crippen molar-refractivity contribution in [3.05, 3.63) is 77.1 Å². The zero-order valence-corrected chi connectivity index (χ0v) is 21.5. The third kappa shape index (κ3) is 4.37. The van der Waals surface area contributed by atoms with E-state index in [2.05, 4.69) is 33.8 Å². The second kappa shape index (κ2) is 9.86. The fraction of sp³-hybridized carbons (Fsp3) is 0.448. The smallest absolute Gasteiger partial charge is 0.222 e. The van der Waals surface area contributed by atoms with Crippen LogP contribution in [0.1, 0.15) is 36.8 Å². The molecule has 3 aliphatic heterocycles. The summed E-state index contributed by atoms with van der Waals surface area (Å²) in [7, 11) is 0. The summed E-state index contributed by atoms with van der Waals surface area (Å²) in [5.74, 6) is 1.51. The van der Waals surface area contributed by atoms with Gasteiger partial charge in [0.1, 0.15) is 12.0 Å². The van der Waals surface area contributed by atoms with Gasteiger partial charge < -0.3 is 14.6 Å². The molecule has 0 saturated carbocycles. The van der Waals surface area contributed by atoms with Crippen LogP contribution in [0, 0.1) is 5.92 Å². The first-order valence-electron chi connectivity index (χ1n) is 13.2. The number of hydrogen-bond acceptors (Lipinski definition) is 4. The highest BCUT2D eigenvalue weighted by Crippen LogP contribution is 2.49. The van der Waals surface area contributed by atoms with Crippen LogP contribution in [-0.2, 0) is 10.3 Å². The van der Waals surface area contributed by atoms with Gasteiger partial charge in [0.2, 0.25) is 5.91 Å². The third-order valence-electron chi connectivity index (χ3n) is 8.47. The van der Waals surface area contributed by atoms with E-state index in [9.17, 15) is 14.3 Å². The van der Waals surface area contributed by atoms with Crippen molar-refractivity contribution >= 4 is 17.5 Å². The zero-order chi connectivity index (χ0) is 25.6. The number of aromatic nitrogens is 2. The number of piperidine rings is 1. The molecular formula is C29H32ClFN4O2. The summed E-state index contributed by atoms with van der Waals surface area (Å²) in [5, 5.41) is 10.4. The summed E-state index contributed by atoms with van der Waals surface area (Å²) in [6, 6.07) is 16.3. The van der Waals surface area contributed by atoms with Crippen LogP contribution in [0.15, 0.2) is 60.9 Å². The Hall–Kier alpha value is -2.74. The summed E-state index contributed by atoms with van der Waals surface area (Å²) in [5.41, 5.74) is 2.82. The quantitative estimate of drug-likeness (QED) is 0.523. The predicted octanol–water partition coefficient (Wildman–Crippen LogP) is 4.34. The van der Waals surface area contributed by atoms with Crippen molar-refractivity contribution in [2.75, 3.05) is 32.7 Å². The Kier molecular flexibility index (Phi) is 6.55. The van der Waals surface area contributed by atoms with Gasteiger partial charge in [-0.15, -0.1) is 0 Å². The molecule has 3 aliphatic rings. The van der Waals surface area contributed by atoms with E-state index in [1.165, 1.54) is 0 Å². The highest BCUT2D eigenvalue weighted by Gasteiger charge is 2.45. The lowest BCUT2D eigenvalue weighted by Crippen LogP contribution is -2.42. The molecule has 194 valence electrons. The van der Waals surface area contributed by atoms with Gasteiger partial charge in [0, 0.05) is 62.1 Å². The zero-order valence-electron chi connectivity index (χ0n) is 20.8. The van der Waals surface area contributed by atoms with E-state index in [4.69, 9.17) is 11.6 Å². The first-order valence-corrected chi connectivity index (χ1v) is 13.6. The summed E-state index contributed by atoms with van der Waals surface area (Å²) < 4.78 is 15.9. The maximum Gasteiger partial charge on any atom is 0.222 e. The molecule has 6 rings (SSSR count). The molecule has 37 heavy (non-hydrogen) atoms. The van der Waals surface area contributed by atoms with E-state index < -0.39 is 17.8 Å². The molecule has 6 nitrogen and oxygen atoms in total. The van der Waals surface area contributed by atoms with Crippen LogP contribution in [0.4, 0.5) is 4.39 Å².